The first-order chi connectivity index (χ1) is 15.5. The number of nitrogens with one attached hydrogen (secondary N) is 1. The topological polar surface area (TPSA) is 70.9 Å². The van der Waals surface area contributed by atoms with Crippen molar-refractivity contribution in [3.63, 3.8) is 0 Å². The number of imidazole rings is 1. The maximum atomic E-state index is 9.70. The third-order valence-corrected chi connectivity index (χ3v) is 5.50. The summed E-state index contributed by atoms with van der Waals surface area (Å²) in [7, 11) is 1.57. The highest BCUT2D eigenvalue weighted by Gasteiger charge is 2.11. The third-order valence-electron chi connectivity index (χ3n) is 4.91. The molecule has 4 rings (SSSR count). The van der Waals surface area contributed by atoms with Gasteiger partial charge in [0.05, 0.1) is 23.7 Å². The lowest BCUT2D eigenvalue weighted by Gasteiger charge is -2.12. The Labute approximate surface area is 195 Å². The summed E-state index contributed by atoms with van der Waals surface area (Å²) >= 11 is 12.2. The summed E-state index contributed by atoms with van der Waals surface area (Å²) < 4.78 is 11.4. The van der Waals surface area contributed by atoms with Gasteiger partial charge in [-0.15, -0.1) is 0 Å². The first-order valence-electron chi connectivity index (χ1n) is 9.80. The number of nitriles is 1. The number of H-pyrrole nitrogens is 1. The minimum atomic E-state index is 0.267. The number of fused-ring (bicyclic) bond motifs is 1. The zero-order valence-corrected chi connectivity index (χ0v) is 19.0. The lowest BCUT2D eigenvalue weighted by Crippen LogP contribution is -1.98. The Bertz CT molecular complexity index is 1370. The van der Waals surface area contributed by atoms with Gasteiger partial charge < -0.3 is 14.5 Å². The zero-order chi connectivity index (χ0) is 22.7. The van der Waals surface area contributed by atoms with Gasteiger partial charge in [-0.25, -0.2) is 4.98 Å². The Kier molecular flexibility index (Phi) is 6.36. The van der Waals surface area contributed by atoms with E-state index in [0.717, 1.165) is 27.7 Å². The zero-order valence-electron chi connectivity index (χ0n) is 17.4. The van der Waals surface area contributed by atoms with Crippen LogP contribution in [0.1, 0.15) is 22.5 Å². The number of hydrogen-bond donors (Lipinski definition) is 1. The van der Waals surface area contributed by atoms with Crippen molar-refractivity contribution < 1.29 is 9.47 Å². The van der Waals surface area contributed by atoms with Crippen LogP contribution in [-0.4, -0.2) is 17.1 Å². The van der Waals surface area contributed by atoms with Crippen LogP contribution in [0.3, 0.4) is 0 Å². The van der Waals surface area contributed by atoms with Gasteiger partial charge >= 0.3 is 0 Å². The second-order valence-corrected chi connectivity index (χ2v) is 8.05. The Morgan fingerprint density at radius 3 is 2.69 bits per heavy atom. The number of nitrogens with zero attached hydrogens (tertiary/aromatic N) is 2. The predicted octanol–water partition coefficient (Wildman–Crippen LogP) is 6.83. The summed E-state index contributed by atoms with van der Waals surface area (Å²) in [4.78, 5) is 7.75. The molecule has 0 amide bonds. The van der Waals surface area contributed by atoms with E-state index in [2.05, 4.69) is 16.0 Å². The highest BCUT2D eigenvalue weighted by Crippen LogP contribution is 2.31. The number of rotatable bonds is 6. The molecular formula is C25H19Cl2N3O2. The van der Waals surface area contributed by atoms with E-state index in [4.69, 9.17) is 32.7 Å². The molecule has 0 saturated heterocycles. The Hall–Kier alpha value is -3.46. The van der Waals surface area contributed by atoms with Gasteiger partial charge in [-0.05, 0) is 60.5 Å². The lowest BCUT2D eigenvalue weighted by atomic mass is 10.1. The van der Waals surface area contributed by atoms with E-state index >= 15 is 0 Å². The molecule has 0 atom stereocenters. The monoisotopic (exact) mass is 463 g/mol. The van der Waals surface area contributed by atoms with Gasteiger partial charge in [0, 0.05) is 15.6 Å². The van der Waals surface area contributed by atoms with Crippen LogP contribution < -0.4 is 9.47 Å². The van der Waals surface area contributed by atoms with Gasteiger partial charge in [-0.2, -0.15) is 5.26 Å². The first-order valence-corrected chi connectivity index (χ1v) is 10.6. The van der Waals surface area contributed by atoms with Crippen molar-refractivity contribution in [2.24, 2.45) is 0 Å². The molecule has 0 saturated carbocycles. The van der Waals surface area contributed by atoms with Crippen molar-refractivity contribution in [2.75, 3.05) is 7.11 Å². The van der Waals surface area contributed by atoms with Gasteiger partial charge in [-0.3, -0.25) is 0 Å². The summed E-state index contributed by atoms with van der Waals surface area (Å²) in [6, 6.07) is 18.9. The number of benzene rings is 3. The molecule has 0 radical (unpaired) electrons. The first kappa shape index (κ1) is 21.8. The molecule has 0 spiro atoms. The van der Waals surface area contributed by atoms with E-state index in [0.29, 0.717) is 32.9 Å². The van der Waals surface area contributed by atoms with Gasteiger partial charge in [0.1, 0.15) is 18.5 Å². The van der Waals surface area contributed by atoms with Crippen molar-refractivity contribution in [1.29, 1.82) is 5.26 Å². The number of aryl methyl sites for hydroxylation is 1. The quantitative estimate of drug-likeness (QED) is 0.318. The van der Waals surface area contributed by atoms with Crippen LogP contribution in [0.2, 0.25) is 10.0 Å². The standard InChI is InChI=1S/C25H19Cl2N3O2/c1-15-3-7-21-22(9-15)30-25(29-21)18(13-28)10-16-4-8-23(24(11-16)31-2)32-14-17-5-6-19(26)12-20(17)27/h3-12H,14H2,1-2H3,(H,29,30)/b18-10+. The Morgan fingerprint density at radius 2 is 1.94 bits per heavy atom. The predicted molar refractivity (Wildman–Crippen MR) is 128 cm³/mol. The summed E-state index contributed by atoms with van der Waals surface area (Å²) in [6.45, 7) is 2.28. The van der Waals surface area contributed by atoms with Gasteiger partial charge in [-0.1, -0.05) is 41.4 Å². The average Bonchev–Trinajstić information content (AvgIpc) is 3.20. The fraction of sp³-hybridized carbons (Fsp3) is 0.120. The van der Waals surface area contributed by atoms with Crippen LogP contribution in [-0.2, 0) is 6.61 Å². The van der Waals surface area contributed by atoms with Gasteiger partial charge in [0.25, 0.3) is 0 Å². The Balaban J connectivity index is 1.59. The fourth-order valence-electron chi connectivity index (χ4n) is 3.26. The molecular weight excluding hydrogens is 445 g/mol. The van der Waals surface area contributed by atoms with Crippen LogP contribution in [0, 0.1) is 18.3 Å². The molecule has 4 aromatic rings. The number of methoxy groups -OCH3 is 1. The van der Waals surface area contributed by atoms with Crippen LogP contribution in [0.5, 0.6) is 11.5 Å². The van der Waals surface area contributed by atoms with Crippen LogP contribution in [0.25, 0.3) is 22.7 Å². The van der Waals surface area contributed by atoms with Crippen molar-refractivity contribution in [1.82, 2.24) is 9.97 Å². The molecule has 5 nitrogen and oxygen atoms in total. The van der Waals surface area contributed by atoms with Crippen LogP contribution in [0.4, 0.5) is 0 Å². The largest absolute Gasteiger partial charge is 0.493 e. The molecule has 0 unspecified atom stereocenters. The fourth-order valence-corrected chi connectivity index (χ4v) is 3.72. The lowest BCUT2D eigenvalue weighted by molar-refractivity contribution is 0.284. The van der Waals surface area contributed by atoms with Crippen molar-refractivity contribution >= 4 is 45.9 Å². The molecule has 0 aliphatic carbocycles. The van der Waals surface area contributed by atoms with Crippen molar-refractivity contribution in [3.8, 4) is 17.6 Å². The summed E-state index contributed by atoms with van der Waals surface area (Å²) in [5.74, 6) is 1.62. The number of hydrogen-bond acceptors (Lipinski definition) is 4. The summed E-state index contributed by atoms with van der Waals surface area (Å²) in [5.41, 5.74) is 4.84. The molecule has 7 heteroatoms. The van der Waals surface area contributed by atoms with E-state index in [1.807, 2.05) is 43.3 Å². The molecule has 0 aliphatic heterocycles. The Morgan fingerprint density at radius 1 is 1.09 bits per heavy atom. The smallest absolute Gasteiger partial charge is 0.161 e. The number of halogens is 2. The van der Waals surface area contributed by atoms with Crippen LogP contribution >= 0.6 is 23.2 Å². The highest BCUT2D eigenvalue weighted by molar-refractivity contribution is 6.35. The number of allylic oxidation sites excluding steroid dienone is 1. The molecule has 0 bridgehead atoms. The summed E-state index contributed by atoms with van der Waals surface area (Å²) in [5, 5.41) is 10.8. The second-order valence-electron chi connectivity index (χ2n) is 7.21. The molecule has 1 heterocycles. The molecule has 160 valence electrons. The third kappa shape index (κ3) is 4.72. The molecule has 1 aromatic heterocycles. The van der Waals surface area contributed by atoms with Crippen molar-refractivity contribution in [2.45, 2.75) is 13.5 Å². The van der Waals surface area contributed by atoms with Crippen molar-refractivity contribution in [3.05, 3.63) is 87.2 Å². The molecule has 32 heavy (non-hydrogen) atoms. The van der Waals surface area contributed by atoms with E-state index in [1.54, 1.807) is 31.4 Å². The molecule has 0 fully saturated rings. The maximum absolute atomic E-state index is 9.70. The average molecular weight is 464 g/mol. The minimum Gasteiger partial charge on any atom is -0.493 e. The number of ether oxygens (including phenoxy) is 2. The maximum Gasteiger partial charge on any atom is 0.161 e. The second kappa shape index (κ2) is 9.35. The number of aromatic nitrogens is 2. The van der Waals surface area contributed by atoms with E-state index < -0.39 is 0 Å². The minimum absolute atomic E-state index is 0.267. The SMILES string of the molecule is COc1cc(/C=C(\C#N)c2nc3ccc(C)cc3[nH]2)ccc1OCc1ccc(Cl)cc1Cl. The van der Waals surface area contributed by atoms with Gasteiger partial charge in [0.2, 0.25) is 0 Å². The normalized spacial score (nSPS) is 11.4. The van der Waals surface area contributed by atoms with E-state index in [-0.39, 0.29) is 6.61 Å². The highest BCUT2D eigenvalue weighted by atomic mass is 35.5. The summed E-state index contributed by atoms with van der Waals surface area (Å²) in [6.07, 6.45) is 1.76. The molecule has 0 aliphatic rings. The van der Waals surface area contributed by atoms with E-state index in [9.17, 15) is 5.26 Å². The van der Waals surface area contributed by atoms with Gasteiger partial charge in [0.15, 0.2) is 11.5 Å². The number of aromatic amines is 1. The molecule has 1 N–H and O–H groups in total. The van der Waals surface area contributed by atoms with E-state index in [1.165, 1.54) is 0 Å². The van der Waals surface area contributed by atoms with Crippen LogP contribution in [0.15, 0.2) is 54.6 Å². The molecule has 3 aromatic carbocycles.